The van der Waals surface area contributed by atoms with Gasteiger partial charge in [-0.3, -0.25) is 4.79 Å². The molecule has 3 rings (SSSR count). The fraction of sp³-hybridized carbons (Fsp3) is 0.353. The molecule has 2 aromatic rings. The Kier molecular flexibility index (Phi) is 4.55. The van der Waals surface area contributed by atoms with Gasteiger partial charge in [-0.2, -0.15) is 0 Å². The number of hydrogen-bond donors (Lipinski definition) is 3. The molecule has 1 aliphatic rings. The molecule has 120 valence electrons. The van der Waals surface area contributed by atoms with Crippen LogP contribution in [-0.4, -0.2) is 35.7 Å². The number of benzene rings is 2. The summed E-state index contributed by atoms with van der Waals surface area (Å²) in [6.07, 6.45) is 3.14. The van der Waals surface area contributed by atoms with E-state index in [-0.39, 0.29) is 5.91 Å². The van der Waals surface area contributed by atoms with Crippen molar-refractivity contribution in [2.24, 2.45) is 0 Å². The first-order valence-corrected chi connectivity index (χ1v) is 7.87. The Hall–Kier alpha value is -2.05. The average molecular weight is 313 g/mol. The molecule has 0 bridgehead atoms. The topological polar surface area (TPSA) is 78.8 Å². The summed E-state index contributed by atoms with van der Waals surface area (Å²) in [6.45, 7) is 1.98. The van der Waals surface area contributed by atoms with Crippen LogP contribution in [0.1, 0.15) is 25.3 Å². The van der Waals surface area contributed by atoms with Crippen LogP contribution in [0, 0.1) is 0 Å². The van der Waals surface area contributed by atoms with E-state index in [0.717, 1.165) is 34.9 Å². The highest BCUT2D eigenvalue weighted by molar-refractivity contribution is 6.59. The fourth-order valence-electron chi connectivity index (χ4n) is 2.62. The molecule has 0 aliphatic heterocycles. The van der Waals surface area contributed by atoms with Crippen molar-refractivity contribution in [3.05, 3.63) is 35.9 Å². The number of rotatable bonds is 6. The molecule has 0 atom stereocenters. The molecule has 0 unspecified atom stereocenters. The number of carbonyl (C=O) groups excluding carboxylic acids is 1. The number of amides is 1. The minimum absolute atomic E-state index is 0.0783. The average Bonchev–Trinajstić information content (AvgIpc) is 3.30. The highest BCUT2D eigenvalue weighted by Gasteiger charge is 2.23. The second-order valence-corrected chi connectivity index (χ2v) is 5.99. The summed E-state index contributed by atoms with van der Waals surface area (Å²) >= 11 is 0. The first-order chi connectivity index (χ1) is 11.0. The predicted octanol–water partition coefficient (Wildman–Crippen LogP) is 0.739. The molecule has 5 nitrogen and oxygen atoms in total. The number of fused-ring (bicyclic) bond motifs is 1. The Labute approximate surface area is 135 Å². The van der Waals surface area contributed by atoms with Crippen molar-refractivity contribution >= 4 is 29.3 Å². The quantitative estimate of drug-likeness (QED) is 0.687. The van der Waals surface area contributed by atoms with E-state index in [4.69, 9.17) is 4.74 Å². The van der Waals surface area contributed by atoms with Crippen LogP contribution in [0.5, 0.6) is 5.75 Å². The second-order valence-electron chi connectivity index (χ2n) is 5.99. The molecule has 0 heterocycles. The highest BCUT2D eigenvalue weighted by atomic mass is 16.5. The number of nitrogens with one attached hydrogen (secondary N) is 1. The molecule has 1 saturated carbocycles. The monoisotopic (exact) mass is 313 g/mol. The number of carbonyl (C=O) groups is 1. The summed E-state index contributed by atoms with van der Waals surface area (Å²) < 4.78 is 5.84. The van der Waals surface area contributed by atoms with E-state index in [1.165, 1.54) is 6.92 Å². The Balaban J connectivity index is 1.94. The predicted molar refractivity (Wildman–Crippen MR) is 89.8 cm³/mol. The van der Waals surface area contributed by atoms with Gasteiger partial charge in [-0.1, -0.05) is 18.2 Å². The van der Waals surface area contributed by atoms with Crippen LogP contribution in [0.2, 0.25) is 0 Å². The molecule has 1 amide bonds. The van der Waals surface area contributed by atoms with Gasteiger partial charge in [0.25, 0.3) is 0 Å². The van der Waals surface area contributed by atoms with Crippen LogP contribution in [0.25, 0.3) is 10.8 Å². The Bertz CT molecular complexity index is 728. The van der Waals surface area contributed by atoms with Crippen LogP contribution < -0.4 is 15.5 Å². The molecular formula is C17H20BNO4. The highest BCUT2D eigenvalue weighted by Crippen LogP contribution is 2.30. The minimum atomic E-state index is -1.51. The van der Waals surface area contributed by atoms with Gasteiger partial charge >= 0.3 is 7.12 Å². The van der Waals surface area contributed by atoms with E-state index in [0.29, 0.717) is 24.5 Å². The van der Waals surface area contributed by atoms with Crippen molar-refractivity contribution < 1.29 is 19.6 Å². The molecular weight excluding hydrogens is 293 g/mol. The zero-order chi connectivity index (χ0) is 16.4. The minimum Gasteiger partial charge on any atom is -0.490 e. The van der Waals surface area contributed by atoms with E-state index < -0.39 is 7.12 Å². The first-order valence-electron chi connectivity index (χ1n) is 7.87. The van der Waals surface area contributed by atoms with E-state index >= 15 is 0 Å². The van der Waals surface area contributed by atoms with Crippen molar-refractivity contribution in [2.45, 2.75) is 32.3 Å². The maximum atomic E-state index is 11.0. The SMILES string of the molecule is CC(=O)NCCc1cc(B(O)O)cc2ccc(OC3CC3)cc12. The summed E-state index contributed by atoms with van der Waals surface area (Å²) in [4.78, 5) is 11.0. The van der Waals surface area contributed by atoms with E-state index in [9.17, 15) is 14.8 Å². The van der Waals surface area contributed by atoms with E-state index in [2.05, 4.69) is 5.32 Å². The van der Waals surface area contributed by atoms with E-state index in [1.807, 2.05) is 18.2 Å². The summed E-state index contributed by atoms with van der Waals surface area (Å²) in [5.41, 5.74) is 1.41. The van der Waals surface area contributed by atoms with Crippen molar-refractivity contribution in [3.63, 3.8) is 0 Å². The molecule has 0 radical (unpaired) electrons. The Morgan fingerprint density at radius 1 is 1.30 bits per heavy atom. The Morgan fingerprint density at radius 3 is 2.74 bits per heavy atom. The molecule has 0 aromatic heterocycles. The van der Waals surface area contributed by atoms with Gasteiger partial charge in [-0.05, 0) is 53.2 Å². The first kappa shape index (κ1) is 15.8. The molecule has 0 spiro atoms. The van der Waals surface area contributed by atoms with Crippen molar-refractivity contribution in [3.8, 4) is 5.75 Å². The van der Waals surface area contributed by atoms with Gasteiger partial charge in [0, 0.05) is 13.5 Å². The molecule has 1 fully saturated rings. The van der Waals surface area contributed by atoms with Gasteiger partial charge in [0.05, 0.1) is 6.10 Å². The van der Waals surface area contributed by atoms with Gasteiger partial charge in [0.15, 0.2) is 0 Å². The maximum Gasteiger partial charge on any atom is 0.488 e. The normalized spacial score (nSPS) is 13.9. The summed E-state index contributed by atoms with van der Waals surface area (Å²) in [7, 11) is -1.51. The standard InChI is InChI=1S/C17H20BNO4/c1-11(20)19-7-6-13-9-14(18(21)22)8-12-2-3-16(10-17(12)13)23-15-4-5-15/h2-3,8-10,15,21-22H,4-7H2,1H3,(H,19,20). The van der Waals surface area contributed by atoms with Gasteiger partial charge in [-0.25, -0.2) is 0 Å². The van der Waals surface area contributed by atoms with E-state index in [1.54, 1.807) is 12.1 Å². The third kappa shape index (κ3) is 4.03. The molecule has 1 aliphatic carbocycles. The largest absolute Gasteiger partial charge is 0.490 e. The zero-order valence-corrected chi connectivity index (χ0v) is 13.1. The smallest absolute Gasteiger partial charge is 0.488 e. The molecule has 0 saturated heterocycles. The molecule has 2 aromatic carbocycles. The van der Waals surface area contributed by atoms with Crippen molar-refractivity contribution in [1.82, 2.24) is 5.32 Å². The number of hydrogen-bond acceptors (Lipinski definition) is 4. The van der Waals surface area contributed by atoms with Crippen LogP contribution in [0.4, 0.5) is 0 Å². The van der Waals surface area contributed by atoms with Crippen molar-refractivity contribution in [1.29, 1.82) is 0 Å². The van der Waals surface area contributed by atoms with Gasteiger partial charge in [0.2, 0.25) is 5.91 Å². The van der Waals surface area contributed by atoms with Crippen LogP contribution in [0.15, 0.2) is 30.3 Å². The zero-order valence-electron chi connectivity index (χ0n) is 13.1. The molecule has 23 heavy (non-hydrogen) atoms. The summed E-state index contributed by atoms with van der Waals surface area (Å²) in [6, 6.07) is 9.37. The Morgan fingerprint density at radius 2 is 2.09 bits per heavy atom. The molecule has 3 N–H and O–H groups in total. The third-order valence-corrected chi connectivity index (χ3v) is 3.93. The van der Waals surface area contributed by atoms with Crippen LogP contribution >= 0.6 is 0 Å². The van der Waals surface area contributed by atoms with Crippen LogP contribution in [0.3, 0.4) is 0 Å². The third-order valence-electron chi connectivity index (χ3n) is 3.93. The van der Waals surface area contributed by atoms with Gasteiger partial charge in [-0.15, -0.1) is 0 Å². The van der Waals surface area contributed by atoms with Crippen molar-refractivity contribution in [2.75, 3.05) is 6.54 Å². The van der Waals surface area contributed by atoms with Crippen LogP contribution in [-0.2, 0) is 11.2 Å². The second kappa shape index (κ2) is 6.60. The lowest BCUT2D eigenvalue weighted by atomic mass is 9.78. The van der Waals surface area contributed by atoms with Gasteiger partial charge < -0.3 is 20.1 Å². The number of ether oxygens (including phenoxy) is 1. The fourth-order valence-corrected chi connectivity index (χ4v) is 2.62. The lowest BCUT2D eigenvalue weighted by Crippen LogP contribution is -2.30. The lowest BCUT2D eigenvalue weighted by molar-refractivity contribution is -0.118. The maximum absolute atomic E-state index is 11.0. The van der Waals surface area contributed by atoms with Gasteiger partial charge in [0.1, 0.15) is 5.75 Å². The lowest BCUT2D eigenvalue weighted by Gasteiger charge is -2.12. The summed E-state index contributed by atoms with van der Waals surface area (Å²) in [5.74, 6) is 0.753. The molecule has 6 heteroatoms. The summed E-state index contributed by atoms with van der Waals surface area (Å²) in [5, 5.41) is 23.6.